The highest BCUT2D eigenvalue weighted by Crippen LogP contribution is 2.20. The summed E-state index contributed by atoms with van der Waals surface area (Å²) in [4.78, 5) is 31.6. The van der Waals surface area contributed by atoms with Crippen LogP contribution in [-0.4, -0.2) is 33.3 Å². The van der Waals surface area contributed by atoms with Crippen LogP contribution in [0.2, 0.25) is 0 Å². The normalized spacial score (nSPS) is 13.9. The summed E-state index contributed by atoms with van der Waals surface area (Å²) >= 11 is 0. The van der Waals surface area contributed by atoms with E-state index < -0.39 is 0 Å². The van der Waals surface area contributed by atoms with Gasteiger partial charge in [-0.3, -0.25) is 14.0 Å². The standard InChI is InChI=1S/C21H22N4O2/c1-15-7-6-12-25-19(26)13-16(23-20(15)25)14-22-18-9-3-2-8-17(18)21(27)24-10-4-5-11-24/h2-3,6-9,12-13,22H,4-5,10-11,14H2,1H3. The van der Waals surface area contributed by atoms with Crippen molar-refractivity contribution in [1.82, 2.24) is 14.3 Å². The largest absolute Gasteiger partial charge is 0.379 e. The Labute approximate surface area is 157 Å². The number of aromatic nitrogens is 2. The number of amides is 1. The number of pyridine rings is 1. The van der Waals surface area contributed by atoms with E-state index in [0.29, 0.717) is 23.4 Å². The fourth-order valence-electron chi connectivity index (χ4n) is 3.50. The first-order valence-electron chi connectivity index (χ1n) is 9.23. The Morgan fingerprint density at radius 3 is 2.74 bits per heavy atom. The maximum atomic E-state index is 12.8. The number of rotatable bonds is 4. The number of nitrogens with zero attached hydrogens (tertiary/aromatic N) is 3. The molecular formula is C21H22N4O2. The van der Waals surface area contributed by atoms with Gasteiger partial charge >= 0.3 is 0 Å². The molecule has 1 aliphatic heterocycles. The number of benzene rings is 1. The lowest BCUT2D eigenvalue weighted by Crippen LogP contribution is -2.28. The van der Waals surface area contributed by atoms with E-state index in [1.807, 2.05) is 48.2 Å². The Morgan fingerprint density at radius 2 is 1.93 bits per heavy atom. The zero-order valence-electron chi connectivity index (χ0n) is 15.3. The number of nitrogens with one attached hydrogen (secondary N) is 1. The highest BCUT2D eigenvalue weighted by molar-refractivity contribution is 5.99. The molecule has 1 fully saturated rings. The summed E-state index contributed by atoms with van der Waals surface area (Å²) in [6.45, 7) is 3.94. The Balaban J connectivity index is 1.59. The predicted molar refractivity (Wildman–Crippen MR) is 105 cm³/mol. The minimum Gasteiger partial charge on any atom is -0.379 e. The van der Waals surface area contributed by atoms with Gasteiger partial charge in [0.05, 0.1) is 17.8 Å². The zero-order valence-corrected chi connectivity index (χ0v) is 15.3. The van der Waals surface area contributed by atoms with Crippen LogP contribution in [0.4, 0.5) is 5.69 Å². The molecule has 0 saturated carbocycles. The molecule has 3 aromatic rings. The van der Waals surface area contributed by atoms with Gasteiger partial charge in [-0.1, -0.05) is 18.2 Å². The maximum absolute atomic E-state index is 12.8. The number of anilines is 1. The molecule has 3 heterocycles. The van der Waals surface area contributed by atoms with Crippen molar-refractivity contribution in [2.75, 3.05) is 18.4 Å². The molecule has 0 bridgehead atoms. The van der Waals surface area contributed by atoms with E-state index in [4.69, 9.17) is 0 Å². The molecule has 0 unspecified atom stereocenters. The number of carbonyl (C=O) groups excluding carboxylic acids is 1. The molecule has 0 atom stereocenters. The number of hydrogen-bond acceptors (Lipinski definition) is 4. The van der Waals surface area contributed by atoms with Crippen LogP contribution in [0, 0.1) is 6.92 Å². The number of carbonyl (C=O) groups is 1. The summed E-state index contributed by atoms with van der Waals surface area (Å²) in [6, 6.07) is 12.8. The molecule has 1 N–H and O–H groups in total. The molecule has 1 amide bonds. The SMILES string of the molecule is Cc1cccn2c(=O)cc(CNc3ccccc3C(=O)N3CCCC3)nc12. The second kappa shape index (κ2) is 7.23. The van der Waals surface area contributed by atoms with Crippen molar-refractivity contribution in [3.8, 4) is 0 Å². The molecule has 0 aliphatic carbocycles. The third-order valence-corrected chi connectivity index (χ3v) is 4.95. The molecule has 1 aromatic carbocycles. The first kappa shape index (κ1) is 17.3. The van der Waals surface area contributed by atoms with E-state index in [-0.39, 0.29) is 11.5 Å². The molecular weight excluding hydrogens is 340 g/mol. The van der Waals surface area contributed by atoms with Gasteiger partial charge < -0.3 is 10.2 Å². The molecule has 6 nitrogen and oxygen atoms in total. The monoisotopic (exact) mass is 362 g/mol. The van der Waals surface area contributed by atoms with E-state index in [2.05, 4.69) is 10.3 Å². The van der Waals surface area contributed by atoms with Gasteiger partial charge in [0.1, 0.15) is 5.65 Å². The Bertz CT molecular complexity index is 1050. The molecule has 2 aromatic heterocycles. The lowest BCUT2D eigenvalue weighted by atomic mass is 10.1. The van der Waals surface area contributed by atoms with Crippen LogP contribution in [0.3, 0.4) is 0 Å². The van der Waals surface area contributed by atoms with Crippen LogP contribution in [0.1, 0.15) is 34.5 Å². The lowest BCUT2D eigenvalue weighted by Gasteiger charge is -2.18. The minimum absolute atomic E-state index is 0.0537. The fourth-order valence-corrected chi connectivity index (χ4v) is 3.50. The van der Waals surface area contributed by atoms with Crippen LogP contribution in [-0.2, 0) is 6.54 Å². The van der Waals surface area contributed by atoms with Crippen molar-refractivity contribution >= 4 is 17.2 Å². The van der Waals surface area contributed by atoms with Crippen LogP contribution in [0.25, 0.3) is 5.65 Å². The van der Waals surface area contributed by atoms with Crippen molar-refractivity contribution in [2.45, 2.75) is 26.3 Å². The highest BCUT2D eigenvalue weighted by Gasteiger charge is 2.21. The van der Waals surface area contributed by atoms with Crippen LogP contribution in [0.15, 0.2) is 53.5 Å². The lowest BCUT2D eigenvalue weighted by molar-refractivity contribution is 0.0793. The Morgan fingerprint density at radius 1 is 1.15 bits per heavy atom. The number of aryl methyl sites for hydroxylation is 1. The molecule has 0 radical (unpaired) electrons. The summed E-state index contributed by atoms with van der Waals surface area (Å²) < 4.78 is 1.55. The zero-order chi connectivity index (χ0) is 18.8. The molecule has 4 rings (SSSR count). The smallest absolute Gasteiger partial charge is 0.258 e. The van der Waals surface area contributed by atoms with Crippen LogP contribution >= 0.6 is 0 Å². The predicted octanol–water partition coefficient (Wildman–Crippen LogP) is 2.85. The van der Waals surface area contributed by atoms with Crippen LogP contribution in [0.5, 0.6) is 0 Å². The van der Waals surface area contributed by atoms with E-state index in [1.54, 1.807) is 10.6 Å². The molecule has 1 aliphatic rings. The van der Waals surface area contributed by atoms with Crippen molar-refractivity contribution in [1.29, 1.82) is 0 Å². The molecule has 1 saturated heterocycles. The third-order valence-electron chi connectivity index (χ3n) is 4.95. The Kier molecular flexibility index (Phi) is 4.62. The van der Waals surface area contributed by atoms with E-state index in [0.717, 1.165) is 37.2 Å². The van der Waals surface area contributed by atoms with E-state index in [9.17, 15) is 9.59 Å². The maximum Gasteiger partial charge on any atom is 0.258 e. The van der Waals surface area contributed by atoms with Gasteiger partial charge in [0.2, 0.25) is 0 Å². The first-order valence-corrected chi connectivity index (χ1v) is 9.23. The van der Waals surface area contributed by atoms with Crippen LogP contribution < -0.4 is 10.9 Å². The average molecular weight is 362 g/mol. The summed E-state index contributed by atoms with van der Waals surface area (Å²) in [5.74, 6) is 0.0537. The minimum atomic E-state index is -0.109. The van der Waals surface area contributed by atoms with Crippen molar-refractivity contribution < 1.29 is 4.79 Å². The average Bonchev–Trinajstić information content (AvgIpc) is 3.22. The quantitative estimate of drug-likeness (QED) is 0.775. The number of fused-ring (bicyclic) bond motifs is 1. The van der Waals surface area contributed by atoms with Gasteiger partial charge in [0.15, 0.2) is 0 Å². The van der Waals surface area contributed by atoms with Gasteiger partial charge in [-0.25, -0.2) is 4.98 Å². The molecule has 0 spiro atoms. The topological polar surface area (TPSA) is 66.7 Å². The molecule has 138 valence electrons. The van der Waals surface area contributed by atoms with Gasteiger partial charge in [0.25, 0.3) is 11.5 Å². The first-order chi connectivity index (χ1) is 13.1. The molecule has 6 heteroatoms. The Hall–Kier alpha value is -3.15. The summed E-state index contributed by atoms with van der Waals surface area (Å²) in [6.07, 6.45) is 3.84. The number of likely N-dealkylation sites (tertiary alicyclic amines) is 1. The van der Waals surface area contributed by atoms with Gasteiger partial charge in [0, 0.05) is 31.0 Å². The second-order valence-electron chi connectivity index (χ2n) is 6.87. The van der Waals surface area contributed by atoms with Gasteiger partial charge in [-0.05, 0) is 43.5 Å². The molecule has 27 heavy (non-hydrogen) atoms. The summed E-state index contributed by atoms with van der Waals surface area (Å²) in [5, 5.41) is 3.29. The van der Waals surface area contributed by atoms with Gasteiger partial charge in [-0.2, -0.15) is 0 Å². The fraction of sp³-hybridized carbons (Fsp3) is 0.286. The van der Waals surface area contributed by atoms with Crippen molar-refractivity contribution in [3.63, 3.8) is 0 Å². The van der Waals surface area contributed by atoms with E-state index in [1.165, 1.54) is 6.07 Å². The third kappa shape index (κ3) is 3.43. The summed E-state index contributed by atoms with van der Waals surface area (Å²) in [7, 11) is 0. The number of hydrogen-bond donors (Lipinski definition) is 1. The van der Waals surface area contributed by atoms with E-state index >= 15 is 0 Å². The van der Waals surface area contributed by atoms with Crippen molar-refractivity contribution in [2.24, 2.45) is 0 Å². The van der Waals surface area contributed by atoms with Crippen molar-refractivity contribution in [3.05, 3.63) is 75.8 Å². The van der Waals surface area contributed by atoms with Gasteiger partial charge in [-0.15, -0.1) is 0 Å². The highest BCUT2D eigenvalue weighted by atomic mass is 16.2. The summed E-state index contributed by atoms with van der Waals surface area (Å²) in [5.41, 5.74) is 3.57. The second-order valence-corrected chi connectivity index (χ2v) is 6.87. The number of para-hydroxylation sites is 1.